The lowest BCUT2D eigenvalue weighted by Crippen LogP contribution is -2.04. The van der Waals surface area contributed by atoms with Crippen molar-refractivity contribution >= 4 is 11.6 Å². The number of fused-ring (bicyclic) bond motifs is 1. The molecule has 1 N–H and O–H groups in total. The van der Waals surface area contributed by atoms with E-state index in [1.54, 1.807) is 18.5 Å². The lowest BCUT2D eigenvalue weighted by atomic mass is 10.3. The SMILES string of the molecule is CCOC(=O)c1cnn2cc(CCOC)[nH]c12. The Balaban J connectivity index is 2.26. The van der Waals surface area contributed by atoms with Crippen molar-refractivity contribution in [3.63, 3.8) is 0 Å². The molecule has 0 aromatic carbocycles. The topological polar surface area (TPSA) is 68.6 Å². The first-order chi connectivity index (χ1) is 8.26. The second-order valence-electron chi connectivity index (χ2n) is 3.59. The molecular formula is C11H15N3O3. The van der Waals surface area contributed by atoms with E-state index in [2.05, 4.69) is 10.1 Å². The van der Waals surface area contributed by atoms with Gasteiger partial charge in [-0.2, -0.15) is 5.10 Å². The Labute approximate surface area is 98.5 Å². The maximum Gasteiger partial charge on any atom is 0.343 e. The number of nitrogens with zero attached hydrogens (tertiary/aromatic N) is 2. The van der Waals surface area contributed by atoms with Crippen LogP contribution in [-0.4, -0.2) is 40.9 Å². The van der Waals surface area contributed by atoms with Gasteiger partial charge < -0.3 is 14.5 Å². The van der Waals surface area contributed by atoms with E-state index in [0.717, 1.165) is 12.1 Å². The molecule has 0 radical (unpaired) electrons. The van der Waals surface area contributed by atoms with E-state index in [-0.39, 0.29) is 5.97 Å². The molecular weight excluding hydrogens is 222 g/mol. The number of imidazole rings is 1. The summed E-state index contributed by atoms with van der Waals surface area (Å²) in [4.78, 5) is 14.8. The van der Waals surface area contributed by atoms with Crippen LogP contribution in [0.2, 0.25) is 0 Å². The molecule has 0 spiro atoms. The lowest BCUT2D eigenvalue weighted by Gasteiger charge is -1.97. The fraction of sp³-hybridized carbons (Fsp3) is 0.455. The van der Waals surface area contributed by atoms with Crippen molar-refractivity contribution in [3.05, 3.63) is 23.7 Å². The standard InChI is InChI=1S/C11H15N3O3/c1-3-17-11(15)9-6-12-14-7-8(4-5-16-2)13-10(9)14/h6-7,13H,3-5H2,1-2H3. The monoisotopic (exact) mass is 237 g/mol. The van der Waals surface area contributed by atoms with Crippen LogP contribution < -0.4 is 0 Å². The summed E-state index contributed by atoms with van der Waals surface area (Å²) in [6.45, 7) is 2.75. The maximum atomic E-state index is 11.6. The zero-order chi connectivity index (χ0) is 12.3. The summed E-state index contributed by atoms with van der Waals surface area (Å²) >= 11 is 0. The summed E-state index contributed by atoms with van der Waals surface area (Å²) in [6.07, 6.45) is 4.10. The molecule has 0 fully saturated rings. The molecule has 0 aliphatic heterocycles. The molecule has 0 unspecified atom stereocenters. The van der Waals surface area contributed by atoms with E-state index in [9.17, 15) is 4.79 Å². The van der Waals surface area contributed by atoms with Crippen molar-refractivity contribution in [2.24, 2.45) is 0 Å². The molecule has 0 bridgehead atoms. The van der Waals surface area contributed by atoms with Gasteiger partial charge in [0.25, 0.3) is 0 Å². The zero-order valence-electron chi connectivity index (χ0n) is 9.90. The zero-order valence-corrected chi connectivity index (χ0v) is 9.90. The molecule has 2 rings (SSSR count). The van der Waals surface area contributed by atoms with E-state index in [1.807, 2.05) is 6.20 Å². The maximum absolute atomic E-state index is 11.6. The van der Waals surface area contributed by atoms with Gasteiger partial charge in [-0.3, -0.25) is 0 Å². The number of methoxy groups -OCH3 is 1. The lowest BCUT2D eigenvalue weighted by molar-refractivity contribution is 0.0528. The third kappa shape index (κ3) is 2.31. The molecule has 0 saturated heterocycles. The summed E-state index contributed by atoms with van der Waals surface area (Å²) in [5.41, 5.74) is 2.09. The number of aromatic nitrogens is 3. The normalized spacial score (nSPS) is 10.9. The van der Waals surface area contributed by atoms with Crippen LogP contribution in [0.15, 0.2) is 12.4 Å². The molecule has 2 aromatic heterocycles. The van der Waals surface area contributed by atoms with Crippen molar-refractivity contribution in [2.75, 3.05) is 20.3 Å². The van der Waals surface area contributed by atoms with Crippen molar-refractivity contribution in [2.45, 2.75) is 13.3 Å². The predicted molar refractivity (Wildman–Crippen MR) is 61.1 cm³/mol. The number of esters is 1. The average molecular weight is 237 g/mol. The summed E-state index contributed by atoms with van der Waals surface area (Å²) in [5, 5.41) is 4.09. The number of hydrogen-bond donors (Lipinski definition) is 1. The molecule has 6 heteroatoms. The number of nitrogens with one attached hydrogen (secondary N) is 1. The minimum absolute atomic E-state index is 0.355. The van der Waals surface area contributed by atoms with Gasteiger partial charge in [-0.15, -0.1) is 0 Å². The minimum Gasteiger partial charge on any atom is -0.462 e. The Hall–Kier alpha value is -1.82. The highest BCUT2D eigenvalue weighted by Crippen LogP contribution is 2.12. The van der Waals surface area contributed by atoms with Crippen LogP contribution in [0.1, 0.15) is 23.0 Å². The third-order valence-corrected chi connectivity index (χ3v) is 2.42. The molecule has 17 heavy (non-hydrogen) atoms. The second kappa shape index (κ2) is 5.01. The Bertz CT molecular complexity index is 515. The van der Waals surface area contributed by atoms with Crippen LogP contribution in [0.4, 0.5) is 0 Å². The Morgan fingerprint density at radius 1 is 1.59 bits per heavy atom. The van der Waals surface area contributed by atoms with Gasteiger partial charge in [0.1, 0.15) is 11.2 Å². The molecule has 6 nitrogen and oxygen atoms in total. The first kappa shape index (κ1) is 11.7. The van der Waals surface area contributed by atoms with Gasteiger partial charge in [0.2, 0.25) is 0 Å². The predicted octanol–water partition coefficient (Wildman–Crippen LogP) is 1.03. The highest BCUT2D eigenvalue weighted by Gasteiger charge is 2.15. The molecule has 0 saturated carbocycles. The van der Waals surface area contributed by atoms with Crippen LogP contribution in [0, 0.1) is 0 Å². The Morgan fingerprint density at radius 3 is 3.12 bits per heavy atom. The highest BCUT2D eigenvalue weighted by atomic mass is 16.5. The summed E-state index contributed by atoms with van der Waals surface area (Å²) in [6, 6.07) is 0. The molecule has 0 amide bonds. The molecule has 2 heterocycles. The summed E-state index contributed by atoms with van der Waals surface area (Å²) in [5.74, 6) is -0.359. The molecule has 0 atom stereocenters. The van der Waals surface area contributed by atoms with Gasteiger partial charge >= 0.3 is 5.97 Å². The fourth-order valence-corrected chi connectivity index (χ4v) is 1.61. The van der Waals surface area contributed by atoms with E-state index < -0.39 is 0 Å². The van der Waals surface area contributed by atoms with Crippen molar-refractivity contribution in [1.29, 1.82) is 0 Å². The van der Waals surface area contributed by atoms with Gasteiger partial charge in [0, 0.05) is 19.2 Å². The van der Waals surface area contributed by atoms with E-state index in [0.29, 0.717) is 24.4 Å². The van der Waals surface area contributed by atoms with Gasteiger partial charge in [0.15, 0.2) is 0 Å². The first-order valence-electron chi connectivity index (χ1n) is 5.47. The fourth-order valence-electron chi connectivity index (χ4n) is 1.61. The smallest absolute Gasteiger partial charge is 0.343 e. The van der Waals surface area contributed by atoms with Crippen molar-refractivity contribution < 1.29 is 14.3 Å². The van der Waals surface area contributed by atoms with Crippen molar-refractivity contribution in [3.8, 4) is 0 Å². The second-order valence-corrected chi connectivity index (χ2v) is 3.59. The first-order valence-corrected chi connectivity index (χ1v) is 5.47. The number of ether oxygens (including phenoxy) is 2. The number of rotatable bonds is 5. The van der Waals surface area contributed by atoms with Gasteiger partial charge in [0.05, 0.1) is 25.6 Å². The van der Waals surface area contributed by atoms with Crippen LogP contribution in [0.5, 0.6) is 0 Å². The van der Waals surface area contributed by atoms with E-state index in [4.69, 9.17) is 9.47 Å². The van der Waals surface area contributed by atoms with E-state index in [1.165, 1.54) is 6.20 Å². The number of H-pyrrole nitrogens is 1. The summed E-state index contributed by atoms with van der Waals surface area (Å²) in [7, 11) is 1.65. The van der Waals surface area contributed by atoms with Gasteiger partial charge in [-0.05, 0) is 6.92 Å². The van der Waals surface area contributed by atoms with Crippen LogP contribution >= 0.6 is 0 Å². The number of carbonyl (C=O) groups is 1. The van der Waals surface area contributed by atoms with Crippen LogP contribution in [-0.2, 0) is 15.9 Å². The van der Waals surface area contributed by atoms with Crippen molar-refractivity contribution in [1.82, 2.24) is 14.6 Å². The third-order valence-electron chi connectivity index (χ3n) is 2.42. The van der Waals surface area contributed by atoms with Crippen LogP contribution in [0.25, 0.3) is 5.65 Å². The number of hydrogen-bond acceptors (Lipinski definition) is 4. The summed E-state index contributed by atoms with van der Waals surface area (Å²) < 4.78 is 11.6. The number of aromatic amines is 1. The molecule has 92 valence electrons. The Kier molecular flexibility index (Phi) is 3.43. The van der Waals surface area contributed by atoms with E-state index >= 15 is 0 Å². The molecule has 0 aliphatic carbocycles. The quantitative estimate of drug-likeness (QED) is 0.788. The largest absolute Gasteiger partial charge is 0.462 e. The average Bonchev–Trinajstić information content (AvgIpc) is 2.85. The van der Waals surface area contributed by atoms with Crippen LogP contribution in [0.3, 0.4) is 0 Å². The minimum atomic E-state index is -0.359. The van der Waals surface area contributed by atoms with Gasteiger partial charge in [-0.25, -0.2) is 9.31 Å². The molecule has 2 aromatic rings. The Morgan fingerprint density at radius 2 is 2.41 bits per heavy atom. The van der Waals surface area contributed by atoms with Gasteiger partial charge in [-0.1, -0.05) is 0 Å². The highest BCUT2D eigenvalue weighted by molar-refractivity contribution is 5.95. The molecule has 0 aliphatic rings. The number of carbonyl (C=O) groups excluding carboxylic acids is 1.